The highest BCUT2D eigenvalue weighted by atomic mass is 32.2. The second-order valence-corrected chi connectivity index (χ2v) is 7.94. The molecule has 6 nitrogen and oxygen atoms in total. The number of halogens is 1. The molecule has 24 heavy (non-hydrogen) atoms. The zero-order chi connectivity index (χ0) is 17.2. The molecule has 0 radical (unpaired) electrons. The highest BCUT2D eigenvalue weighted by Crippen LogP contribution is 2.37. The predicted molar refractivity (Wildman–Crippen MR) is 84.8 cm³/mol. The molecule has 1 heterocycles. The van der Waals surface area contributed by atoms with Gasteiger partial charge >= 0.3 is 0 Å². The van der Waals surface area contributed by atoms with Gasteiger partial charge < -0.3 is 14.2 Å². The molecule has 1 spiro atoms. The molecular weight excluding hydrogens is 337 g/mol. The van der Waals surface area contributed by atoms with E-state index in [9.17, 15) is 12.8 Å². The number of methoxy groups -OCH3 is 1. The Morgan fingerprint density at radius 1 is 1.33 bits per heavy atom. The molecule has 1 aromatic rings. The Kier molecular flexibility index (Phi) is 5.10. The van der Waals surface area contributed by atoms with Crippen LogP contribution in [-0.4, -0.2) is 40.6 Å². The van der Waals surface area contributed by atoms with Crippen LogP contribution in [0.1, 0.15) is 32.1 Å². The lowest BCUT2D eigenvalue weighted by Crippen LogP contribution is -2.37. The summed E-state index contributed by atoms with van der Waals surface area (Å²) < 4.78 is 57.3. The summed E-state index contributed by atoms with van der Waals surface area (Å²) in [7, 11) is -2.50. The van der Waals surface area contributed by atoms with E-state index >= 15 is 0 Å². The number of sulfonamides is 1. The van der Waals surface area contributed by atoms with Gasteiger partial charge in [0.2, 0.25) is 10.0 Å². The number of rotatable bonds is 5. The second-order valence-electron chi connectivity index (χ2n) is 6.17. The lowest BCUT2D eigenvalue weighted by molar-refractivity contribution is -0.186. The molecule has 0 unspecified atom stereocenters. The quantitative estimate of drug-likeness (QED) is 0.872. The predicted octanol–water partition coefficient (Wildman–Crippen LogP) is 2.19. The van der Waals surface area contributed by atoms with Crippen molar-refractivity contribution in [3.8, 4) is 5.75 Å². The maximum absolute atomic E-state index is 13.7. The fourth-order valence-corrected chi connectivity index (χ4v) is 4.25. The summed E-state index contributed by atoms with van der Waals surface area (Å²) >= 11 is 0. The number of hydrogen-bond acceptors (Lipinski definition) is 5. The largest absolute Gasteiger partial charge is 0.494 e. The second kappa shape index (κ2) is 6.95. The van der Waals surface area contributed by atoms with Crippen molar-refractivity contribution in [3.05, 3.63) is 24.0 Å². The molecule has 2 aliphatic rings. The molecular formula is C16H22FNO5S. The van der Waals surface area contributed by atoms with E-state index in [2.05, 4.69) is 4.72 Å². The molecule has 1 atom stereocenters. The van der Waals surface area contributed by atoms with Gasteiger partial charge in [-0.2, -0.15) is 0 Å². The van der Waals surface area contributed by atoms with Crippen molar-refractivity contribution in [3.63, 3.8) is 0 Å². The highest BCUT2D eigenvalue weighted by Gasteiger charge is 2.42. The van der Waals surface area contributed by atoms with E-state index in [0.29, 0.717) is 6.61 Å². The third-order valence-corrected chi connectivity index (χ3v) is 5.88. The summed E-state index contributed by atoms with van der Waals surface area (Å²) in [5.74, 6) is -1.26. The molecule has 1 N–H and O–H groups in total. The van der Waals surface area contributed by atoms with Crippen LogP contribution in [0.2, 0.25) is 0 Å². The minimum absolute atomic E-state index is 0.000663. The first-order valence-corrected chi connectivity index (χ1v) is 9.57. The van der Waals surface area contributed by atoms with Gasteiger partial charge in [0.15, 0.2) is 17.4 Å². The van der Waals surface area contributed by atoms with Gasteiger partial charge in [-0.3, -0.25) is 0 Å². The van der Waals surface area contributed by atoms with Gasteiger partial charge in [0.05, 0.1) is 24.7 Å². The van der Waals surface area contributed by atoms with Crippen molar-refractivity contribution in [1.29, 1.82) is 0 Å². The Balaban J connectivity index is 1.60. The normalized spacial score (nSPS) is 23.5. The monoisotopic (exact) mass is 359 g/mol. The van der Waals surface area contributed by atoms with Crippen molar-refractivity contribution in [2.45, 2.75) is 48.9 Å². The van der Waals surface area contributed by atoms with Gasteiger partial charge in [0.25, 0.3) is 0 Å². The van der Waals surface area contributed by atoms with Crippen LogP contribution in [-0.2, 0) is 19.5 Å². The standard InChI is InChI=1S/C16H22FNO5S/c1-21-15-6-5-13(9-14(15)17)24(19,20)18-10-12-11-22-16(23-12)7-3-2-4-8-16/h5-6,9,12,18H,2-4,7-8,10-11H2,1H3/t12-/m0/s1. The van der Waals surface area contributed by atoms with Gasteiger partial charge in [-0.05, 0) is 31.0 Å². The summed E-state index contributed by atoms with van der Waals surface area (Å²) in [6.07, 6.45) is 4.66. The van der Waals surface area contributed by atoms with Crippen molar-refractivity contribution >= 4 is 10.0 Å². The lowest BCUT2D eigenvalue weighted by atomic mass is 9.94. The van der Waals surface area contributed by atoms with Crippen LogP contribution in [0.25, 0.3) is 0 Å². The number of hydrogen-bond donors (Lipinski definition) is 1. The maximum atomic E-state index is 13.7. The molecule has 1 aromatic carbocycles. The van der Waals surface area contributed by atoms with Crippen LogP contribution < -0.4 is 9.46 Å². The molecule has 2 fully saturated rings. The smallest absolute Gasteiger partial charge is 0.240 e. The Morgan fingerprint density at radius 3 is 2.75 bits per heavy atom. The van der Waals surface area contributed by atoms with Gasteiger partial charge in [0.1, 0.15) is 0 Å². The molecule has 0 aromatic heterocycles. The SMILES string of the molecule is COc1ccc(S(=O)(=O)NC[C@H]2COC3(CCCCC3)O2)cc1F. The summed E-state index contributed by atoms with van der Waals surface area (Å²) in [6, 6.07) is 3.53. The number of benzene rings is 1. The van der Waals surface area contributed by atoms with Crippen LogP contribution in [0.3, 0.4) is 0 Å². The van der Waals surface area contributed by atoms with Crippen LogP contribution in [0.5, 0.6) is 5.75 Å². The fraction of sp³-hybridized carbons (Fsp3) is 0.625. The van der Waals surface area contributed by atoms with E-state index in [-0.39, 0.29) is 23.3 Å². The Hall–Kier alpha value is -1.22. The van der Waals surface area contributed by atoms with Crippen molar-refractivity contribution in [2.75, 3.05) is 20.3 Å². The topological polar surface area (TPSA) is 73.9 Å². The van der Waals surface area contributed by atoms with E-state index in [1.54, 1.807) is 0 Å². The van der Waals surface area contributed by atoms with Crippen molar-refractivity contribution < 1.29 is 27.0 Å². The van der Waals surface area contributed by atoms with E-state index < -0.39 is 21.6 Å². The molecule has 1 aliphatic carbocycles. The number of nitrogens with one attached hydrogen (secondary N) is 1. The first-order valence-electron chi connectivity index (χ1n) is 8.09. The van der Waals surface area contributed by atoms with E-state index in [0.717, 1.165) is 31.7 Å². The average molecular weight is 359 g/mol. The van der Waals surface area contributed by atoms with Gasteiger partial charge in [-0.1, -0.05) is 6.42 Å². The van der Waals surface area contributed by atoms with Crippen LogP contribution in [0, 0.1) is 5.82 Å². The summed E-state index contributed by atoms with van der Waals surface area (Å²) in [5, 5.41) is 0. The average Bonchev–Trinajstić information content (AvgIpc) is 2.96. The van der Waals surface area contributed by atoms with Crippen molar-refractivity contribution in [1.82, 2.24) is 4.72 Å². The molecule has 1 saturated heterocycles. The zero-order valence-corrected chi connectivity index (χ0v) is 14.4. The van der Waals surface area contributed by atoms with Crippen LogP contribution >= 0.6 is 0 Å². The van der Waals surface area contributed by atoms with Gasteiger partial charge in [-0.15, -0.1) is 0 Å². The minimum atomic E-state index is -3.82. The Labute approximate surface area is 141 Å². The van der Waals surface area contributed by atoms with E-state index in [1.165, 1.54) is 25.7 Å². The molecule has 134 valence electrons. The summed E-state index contributed by atoms with van der Waals surface area (Å²) in [5.41, 5.74) is 0. The first-order chi connectivity index (χ1) is 11.4. The molecule has 0 amide bonds. The Bertz CT molecular complexity index is 688. The van der Waals surface area contributed by atoms with Gasteiger partial charge in [0, 0.05) is 19.4 Å². The summed E-state index contributed by atoms with van der Waals surface area (Å²) in [4.78, 5) is -0.146. The zero-order valence-electron chi connectivity index (χ0n) is 13.6. The van der Waals surface area contributed by atoms with Crippen molar-refractivity contribution in [2.24, 2.45) is 0 Å². The third-order valence-electron chi connectivity index (χ3n) is 4.46. The molecule has 1 aliphatic heterocycles. The number of ether oxygens (including phenoxy) is 3. The molecule has 8 heteroatoms. The van der Waals surface area contributed by atoms with Crippen LogP contribution in [0.15, 0.2) is 23.1 Å². The molecule has 0 bridgehead atoms. The van der Waals surface area contributed by atoms with Crippen LogP contribution in [0.4, 0.5) is 4.39 Å². The van der Waals surface area contributed by atoms with E-state index in [1.807, 2.05) is 0 Å². The molecule has 3 rings (SSSR count). The minimum Gasteiger partial charge on any atom is -0.494 e. The highest BCUT2D eigenvalue weighted by molar-refractivity contribution is 7.89. The maximum Gasteiger partial charge on any atom is 0.240 e. The molecule has 1 saturated carbocycles. The lowest BCUT2D eigenvalue weighted by Gasteiger charge is -2.31. The van der Waals surface area contributed by atoms with E-state index in [4.69, 9.17) is 14.2 Å². The van der Waals surface area contributed by atoms with Gasteiger partial charge in [-0.25, -0.2) is 17.5 Å². The fourth-order valence-electron chi connectivity index (χ4n) is 3.17. The summed E-state index contributed by atoms with van der Waals surface area (Å²) in [6.45, 7) is 0.456. The third kappa shape index (κ3) is 3.72. The first kappa shape index (κ1) is 17.6. The Morgan fingerprint density at radius 2 is 2.08 bits per heavy atom.